The third-order valence-electron chi connectivity index (χ3n) is 3.40. The van der Waals surface area contributed by atoms with E-state index < -0.39 is 0 Å². The van der Waals surface area contributed by atoms with Crippen molar-refractivity contribution in [2.45, 2.75) is 58.5 Å². The Labute approximate surface area is 94.6 Å². The largest absolute Gasteiger partial charge is 0.378 e. The first-order chi connectivity index (χ1) is 7.24. The van der Waals surface area contributed by atoms with Gasteiger partial charge in [0, 0.05) is 6.61 Å². The molecule has 90 valence electrons. The molecule has 1 aliphatic rings. The lowest BCUT2D eigenvalue weighted by atomic mass is 9.86. The fourth-order valence-electron chi connectivity index (χ4n) is 2.39. The average Bonchev–Trinajstić information content (AvgIpc) is 2.24. The van der Waals surface area contributed by atoms with Crippen LogP contribution < -0.4 is 5.73 Å². The minimum Gasteiger partial charge on any atom is -0.378 e. The van der Waals surface area contributed by atoms with E-state index in [1.807, 2.05) is 0 Å². The fourth-order valence-corrected chi connectivity index (χ4v) is 2.39. The Morgan fingerprint density at radius 1 is 1.27 bits per heavy atom. The van der Waals surface area contributed by atoms with Crippen LogP contribution in [0.2, 0.25) is 0 Å². The summed E-state index contributed by atoms with van der Waals surface area (Å²) in [6.07, 6.45) is 8.09. The zero-order valence-electron chi connectivity index (χ0n) is 10.4. The normalized spacial score (nSPS) is 27.2. The summed E-state index contributed by atoms with van der Waals surface area (Å²) in [6.45, 7) is 6.26. The molecule has 0 heterocycles. The molecule has 1 rings (SSSR count). The van der Waals surface area contributed by atoms with Crippen LogP contribution in [0.15, 0.2) is 0 Å². The molecule has 0 aromatic heterocycles. The number of nitrogens with two attached hydrogens (primary N) is 1. The van der Waals surface area contributed by atoms with Gasteiger partial charge in [-0.25, -0.2) is 0 Å². The molecule has 2 unspecified atom stereocenters. The summed E-state index contributed by atoms with van der Waals surface area (Å²) in [4.78, 5) is 0. The molecule has 0 spiro atoms. The van der Waals surface area contributed by atoms with Gasteiger partial charge in [0.2, 0.25) is 0 Å². The summed E-state index contributed by atoms with van der Waals surface area (Å²) < 4.78 is 5.96. The van der Waals surface area contributed by atoms with Crippen LogP contribution in [-0.4, -0.2) is 19.3 Å². The van der Waals surface area contributed by atoms with Crippen molar-refractivity contribution in [2.24, 2.45) is 17.6 Å². The van der Waals surface area contributed by atoms with Crippen molar-refractivity contribution in [1.29, 1.82) is 0 Å². The Hall–Kier alpha value is -0.0800. The van der Waals surface area contributed by atoms with Crippen molar-refractivity contribution >= 4 is 0 Å². The minimum atomic E-state index is 0.455. The first-order valence-electron chi connectivity index (χ1n) is 6.55. The van der Waals surface area contributed by atoms with Gasteiger partial charge in [-0.2, -0.15) is 0 Å². The SMILES string of the molecule is CC(C)CCCOC1CCCCC1CN. The molecule has 2 heteroatoms. The standard InChI is InChI=1S/C13H27NO/c1-11(2)6-5-9-15-13-8-4-3-7-12(13)10-14/h11-13H,3-10,14H2,1-2H3. The van der Waals surface area contributed by atoms with Crippen LogP contribution >= 0.6 is 0 Å². The van der Waals surface area contributed by atoms with Gasteiger partial charge in [-0.15, -0.1) is 0 Å². The van der Waals surface area contributed by atoms with E-state index in [9.17, 15) is 0 Å². The average molecular weight is 213 g/mol. The number of ether oxygens (including phenoxy) is 1. The molecular weight excluding hydrogens is 186 g/mol. The molecule has 0 aromatic carbocycles. The van der Waals surface area contributed by atoms with E-state index in [1.54, 1.807) is 0 Å². The van der Waals surface area contributed by atoms with Crippen molar-refractivity contribution in [3.63, 3.8) is 0 Å². The zero-order chi connectivity index (χ0) is 11.1. The van der Waals surface area contributed by atoms with Crippen LogP contribution in [0, 0.1) is 11.8 Å². The number of hydrogen-bond acceptors (Lipinski definition) is 2. The van der Waals surface area contributed by atoms with Gasteiger partial charge in [-0.1, -0.05) is 26.7 Å². The topological polar surface area (TPSA) is 35.2 Å². The highest BCUT2D eigenvalue weighted by Gasteiger charge is 2.24. The van der Waals surface area contributed by atoms with E-state index in [0.717, 1.165) is 19.1 Å². The third kappa shape index (κ3) is 4.98. The van der Waals surface area contributed by atoms with Gasteiger partial charge in [-0.05, 0) is 44.1 Å². The van der Waals surface area contributed by atoms with E-state index in [1.165, 1.54) is 38.5 Å². The van der Waals surface area contributed by atoms with Crippen molar-refractivity contribution in [2.75, 3.05) is 13.2 Å². The number of rotatable bonds is 6. The van der Waals surface area contributed by atoms with Gasteiger partial charge in [0.05, 0.1) is 6.10 Å². The summed E-state index contributed by atoms with van der Waals surface area (Å²) in [6, 6.07) is 0. The number of hydrogen-bond donors (Lipinski definition) is 1. The molecule has 0 bridgehead atoms. The molecule has 0 radical (unpaired) electrons. The molecule has 2 nitrogen and oxygen atoms in total. The summed E-state index contributed by atoms with van der Waals surface area (Å²) in [5, 5.41) is 0. The summed E-state index contributed by atoms with van der Waals surface area (Å²) in [5.41, 5.74) is 5.77. The monoisotopic (exact) mass is 213 g/mol. The first-order valence-corrected chi connectivity index (χ1v) is 6.55. The van der Waals surface area contributed by atoms with Gasteiger partial charge in [0.15, 0.2) is 0 Å². The molecule has 15 heavy (non-hydrogen) atoms. The molecule has 1 aliphatic carbocycles. The van der Waals surface area contributed by atoms with Crippen molar-refractivity contribution in [3.8, 4) is 0 Å². The highest BCUT2D eigenvalue weighted by molar-refractivity contribution is 4.76. The predicted molar refractivity (Wildman–Crippen MR) is 64.8 cm³/mol. The van der Waals surface area contributed by atoms with E-state index in [4.69, 9.17) is 10.5 Å². The van der Waals surface area contributed by atoms with Crippen LogP contribution in [0.25, 0.3) is 0 Å². The van der Waals surface area contributed by atoms with Gasteiger partial charge in [0.1, 0.15) is 0 Å². The Kier molecular flexibility index (Phi) is 6.26. The second kappa shape index (κ2) is 7.24. The van der Waals surface area contributed by atoms with E-state index in [2.05, 4.69) is 13.8 Å². The predicted octanol–water partition coefficient (Wildman–Crippen LogP) is 2.96. The lowest BCUT2D eigenvalue weighted by molar-refractivity contribution is -0.0101. The second-order valence-electron chi connectivity index (χ2n) is 5.23. The van der Waals surface area contributed by atoms with Gasteiger partial charge < -0.3 is 10.5 Å². The maximum absolute atomic E-state index is 5.96. The molecule has 2 atom stereocenters. The van der Waals surface area contributed by atoms with Crippen molar-refractivity contribution in [3.05, 3.63) is 0 Å². The van der Waals surface area contributed by atoms with E-state index in [0.29, 0.717) is 12.0 Å². The van der Waals surface area contributed by atoms with Crippen LogP contribution in [0.1, 0.15) is 52.4 Å². The molecule has 0 aromatic rings. The molecule has 2 N–H and O–H groups in total. The van der Waals surface area contributed by atoms with Crippen LogP contribution in [0.5, 0.6) is 0 Å². The lowest BCUT2D eigenvalue weighted by Gasteiger charge is -2.30. The maximum Gasteiger partial charge on any atom is 0.0615 e. The lowest BCUT2D eigenvalue weighted by Crippen LogP contribution is -2.33. The van der Waals surface area contributed by atoms with E-state index >= 15 is 0 Å². The van der Waals surface area contributed by atoms with Gasteiger partial charge >= 0.3 is 0 Å². The van der Waals surface area contributed by atoms with E-state index in [-0.39, 0.29) is 0 Å². The Bertz CT molecular complexity index is 159. The summed E-state index contributed by atoms with van der Waals surface area (Å²) >= 11 is 0. The van der Waals surface area contributed by atoms with Crippen molar-refractivity contribution < 1.29 is 4.74 Å². The molecule has 0 amide bonds. The fraction of sp³-hybridized carbons (Fsp3) is 1.00. The van der Waals surface area contributed by atoms with Crippen LogP contribution in [-0.2, 0) is 4.74 Å². The Morgan fingerprint density at radius 2 is 2.00 bits per heavy atom. The summed E-state index contributed by atoms with van der Waals surface area (Å²) in [5.74, 6) is 1.42. The van der Waals surface area contributed by atoms with Gasteiger partial charge in [-0.3, -0.25) is 0 Å². The Morgan fingerprint density at radius 3 is 2.67 bits per heavy atom. The molecule has 1 fully saturated rings. The second-order valence-corrected chi connectivity index (χ2v) is 5.23. The smallest absolute Gasteiger partial charge is 0.0615 e. The Balaban J connectivity index is 2.12. The zero-order valence-corrected chi connectivity index (χ0v) is 10.4. The minimum absolute atomic E-state index is 0.455. The molecule has 0 saturated heterocycles. The van der Waals surface area contributed by atoms with Gasteiger partial charge in [0.25, 0.3) is 0 Å². The van der Waals surface area contributed by atoms with Crippen LogP contribution in [0.4, 0.5) is 0 Å². The van der Waals surface area contributed by atoms with Crippen LogP contribution in [0.3, 0.4) is 0 Å². The quantitative estimate of drug-likeness (QED) is 0.688. The molecular formula is C13H27NO. The third-order valence-corrected chi connectivity index (χ3v) is 3.40. The molecule has 0 aliphatic heterocycles. The molecule has 1 saturated carbocycles. The highest BCUT2D eigenvalue weighted by atomic mass is 16.5. The maximum atomic E-state index is 5.96. The first kappa shape index (κ1) is 13.0. The van der Waals surface area contributed by atoms with Crippen molar-refractivity contribution in [1.82, 2.24) is 0 Å². The highest BCUT2D eigenvalue weighted by Crippen LogP contribution is 2.26. The summed E-state index contributed by atoms with van der Waals surface area (Å²) in [7, 11) is 0.